The van der Waals surface area contributed by atoms with Crippen molar-refractivity contribution in [2.24, 2.45) is 0 Å². The minimum Gasteiger partial charge on any atom is -0.491 e. The average Bonchev–Trinajstić information content (AvgIpc) is 3.03. The Hall–Kier alpha value is -5.61. The number of anilines is 3. The Morgan fingerprint density at radius 3 is 2.18 bits per heavy atom. The van der Waals surface area contributed by atoms with Gasteiger partial charge in [0.2, 0.25) is 5.91 Å². The quantitative estimate of drug-likeness (QED) is 0.0864. The van der Waals surface area contributed by atoms with Crippen LogP contribution in [-0.4, -0.2) is 42.2 Å². The molecule has 0 radical (unpaired) electrons. The van der Waals surface area contributed by atoms with Gasteiger partial charge in [-0.05, 0) is 79.2 Å². The molecule has 5 N–H and O–H groups in total. The van der Waals surface area contributed by atoms with E-state index in [1.165, 1.54) is 19.1 Å². The van der Waals surface area contributed by atoms with Gasteiger partial charge < -0.3 is 30.4 Å². The molecular weight excluding hydrogens is 562 g/mol. The number of nitrogens with two attached hydrogens (primary N) is 1. The number of hydrogen-bond acceptors (Lipinski definition) is 8. The summed E-state index contributed by atoms with van der Waals surface area (Å²) in [6.07, 6.45) is -0.0105. The molecule has 10 heteroatoms. The fraction of sp³-hybridized carbons (Fsp3) is 0.147. The number of nitrogen functional groups attached to an aromatic ring is 1. The van der Waals surface area contributed by atoms with Gasteiger partial charge in [0.05, 0.1) is 18.0 Å². The number of rotatable bonds is 13. The number of amides is 2. The molecule has 0 aliphatic carbocycles. The second-order valence-corrected chi connectivity index (χ2v) is 9.56. The van der Waals surface area contributed by atoms with Crippen LogP contribution in [0.25, 0.3) is 0 Å². The van der Waals surface area contributed by atoms with Crippen LogP contribution in [0.1, 0.15) is 28.9 Å². The molecule has 0 aliphatic heterocycles. The zero-order valence-corrected chi connectivity index (χ0v) is 24.0. The fourth-order valence-electron chi connectivity index (χ4n) is 4.12. The largest absolute Gasteiger partial charge is 0.491 e. The highest BCUT2D eigenvalue weighted by Crippen LogP contribution is 2.29. The lowest BCUT2D eigenvalue weighted by atomic mass is 10.0. The lowest BCUT2D eigenvalue weighted by molar-refractivity contribution is -0.112. The van der Waals surface area contributed by atoms with E-state index in [0.29, 0.717) is 39.7 Å². The Balaban J connectivity index is 1.63. The second kappa shape index (κ2) is 15.6. The van der Waals surface area contributed by atoms with Gasteiger partial charge in [-0.15, -0.1) is 0 Å². The number of hydrogen-bond donors (Lipinski definition) is 4. The predicted molar refractivity (Wildman–Crippen MR) is 168 cm³/mol. The standard InChI is InChI=1S/C34H33N3O7/c1-23(39)24-11-15-26(16-12-24)36-34(41)44-33(25-13-17-27(18-14-25)42-22-21-38)31(43-28-7-3-2-4-8-28)19-20-32(40)37-30-10-6-5-9-29(30)35/h2-20,31,33,38H,21-22,35H2,1H3,(H,36,41)(H,37,40)/b20-19+/t31-,33-/m1/s1. The van der Waals surface area contributed by atoms with Crippen LogP contribution in [0.2, 0.25) is 0 Å². The van der Waals surface area contributed by atoms with E-state index in [0.717, 1.165) is 0 Å². The van der Waals surface area contributed by atoms with Crippen LogP contribution in [-0.2, 0) is 9.53 Å². The summed E-state index contributed by atoms with van der Waals surface area (Å²) in [5, 5.41) is 14.5. The van der Waals surface area contributed by atoms with Crippen LogP contribution in [0, 0.1) is 0 Å². The van der Waals surface area contributed by atoms with Crippen LogP contribution >= 0.6 is 0 Å². The number of aliphatic hydroxyl groups is 1. The van der Waals surface area contributed by atoms with Crippen molar-refractivity contribution in [1.29, 1.82) is 0 Å². The monoisotopic (exact) mass is 595 g/mol. The first-order valence-electron chi connectivity index (χ1n) is 13.8. The van der Waals surface area contributed by atoms with Crippen LogP contribution in [0.3, 0.4) is 0 Å². The van der Waals surface area contributed by atoms with Gasteiger partial charge in [0.25, 0.3) is 0 Å². The molecule has 4 aromatic rings. The summed E-state index contributed by atoms with van der Waals surface area (Å²) in [6.45, 7) is 1.43. The molecule has 0 spiro atoms. The zero-order chi connectivity index (χ0) is 31.3. The van der Waals surface area contributed by atoms with Crippen molar-refractivity contribution in [2.45, 2.75) is 19.1 Å². The Kier molecular flexibility index (Phi) is 11.1. The third-order valence-electron chi connectivity index (χ3n) is 6.31. The number of carbonyl (C=O) groups is 3. The highest BCUT2D eigenvalue weighted by molar-refractivity contribution is 6.01. The molecule has 0 saturated heterocycles. The molecule has 0 aliphatic rings. The van der Waals surface area contributed by atoms with Crippen molar-refractivity contribution in [2.75, 3.05) is 29.6 Å². The lowest BCUT2D eigenvalue weighted by Gasteiger charge is -2.26. The number of nitrogens with one attached hydrogen (secondary N) is 2. The van der Waals surface area contributed by atoms with Crippen LogP contribution in [0.5, 0.6) is 11.5 Å². The zero-order valence-electron chi connectivity index (χ0n) is 24.0. The molecule has 4 aromatic carbocycles. The van der Waals surface area contributed by atoms with Gasteiger partial charge in [-0.2, -0.15) is 0 Å². The second-order valence-electron chi connectivity index (χ2n) is 9.56. The van der Waals surface area contributed by atoms with E-state index in [1.807, 2.05) is 6.07 Å². The molecule has 2 atom stereocenters. The first-order valence-corrected chi connectivity index (χ1v) is 13.8. The molecule has 0 fully saturated rings. The van der Waals surface area contributed by atoms with Crippen molar-refractivity contribution >= 4 is 34.8 Å². The van der Waals surface area contributed by atoms with Gasteiger partial charge in [-0.1, -0.05) is 42.5 Å². The summed E-state index contributed by atoms with van der Waals surface area (Å²) >= 11 is 0. The normalized spacial score (nSPS) is 12.1. The third-order valence-corrected chi connectivity index (χ3v) is 6.31. The molecule has 0 bridgehead atoms. The van der Waals surface area contributed by atoms with E-state index in [4.69, 9.17) is 25.1 Å². The minimum absolute atomic E-state index is 0.0997. The van der Waals surface area contributed by atoms with Crippen molar-refractivity contribution in [1.82, 2.24) is 0 Å². The summed E-state index contributed by atoms with van der Waals surface area (Å²) in [5.41, 5.74) is 8.29. The third kappa shape index (κ3) is 9.20. The summed E-state index contributed by atoms with van der Waals surface area (Å²) < 4.78 is 17.6. The van der Waals surface area contributed by atoms with E-state index in [9.17, 15) is 14.4 Å². The van der Waals surface area contributed by atoms with E-state index < -0.39 is 24.2 Å². The topological polar surface area (TPSA) is 149 Å². The van der Waals surface area contributed by atoms with E-state index in [2.05, 4.69) is 10.6 Å². The highest BCUT2D eigenvalue weighted by Gasteiger charge is 2.28. The first kappa shape index (κ1) is 31.3. The molecule has 226 valence electrons. The molecule has 0 aromatic heterocycles. The molecule has 44 heavy (non-hydrogen) atoms. The lowest BCUT2D eigenvalue weighted by Crippen LogP contribution is -2.30. The van der Waals surface area contributed by atoms with Crippen molar-refractivity contribution in [3.63, 3.8) is 0 Å². The van der Waals surface area contributed by atoms with Gasteiger partial charge >= 0.3 is 6.09 Å². The summed E-state index contributed by atoms with van der Waals surface area (Å²) in [7, 11) is 0. The Labute approximate surface area is 255 Å². The van der Waals surface area contributed by atoms with Crippen molar-refractivity contribution in [3.05, 3.63) is 126 Å². The number of carbonyl (C=O) groups excluding carboxylic acids is 3. The number of aliphatic hydroxyl groups excluding tert-OH is 1. The number of ketones is 1. The predicted octanol–water partition coefficient (Wildman–Crippen LogP) is 5.77. The van der Waals surface area contributed by atoms with Crippen LogP contribution < -0.4 is 25.8 Å². The summed E-state index contributed by atoms with van der Waals surface area (Å²) in [4.78, 5) is 37.7. The van der Waals surface area contributed by atoms with E-state index >= 15 is 0 Å². The SMILES string of the molecule is CC(=O)c1ccc(NC(=O)O[C@H](c2ccc(OCCO)cc2)[C@@H](/C=C/C(=O)Nc2ccccc2N)Oc2ccccc2)cc1. The molecule has 0 saturated carbocycles. The number of Topliss-reactive ketones (excluding diaryl/α,β-unsaturated/α-hetero) is 1. The Morgan fingerprint density at radius 1 is 0.841 bits per heavy atom. The van der Waals surface area contributed by atoms with Crippen molar-refractivity contribution in [3.8, 4) is 11.5 Å². The average molecular weight is 596 g/mol. The van der Waals surface area contributed by atoms with Gasteiger partial charge in [0.1, 0.15) is 18.1 Å². The molecule has 4 rings (SSSR count). The minimum atomic E-state index is -1.04. The van der Waals surface area contributed by atoms with Crippen molar-refractivity contribution < 1.29 is 33.7 Å². The maximum absolute atomic E-state index is 13.2. The molecule has 0 unspecified atom stereocenters. The van der Waals surface area contributed by atoms with Gasteiger partial charge in [-0.25, -0.2) is 4.79 Å². The van der Waals surface area contributed by atoms with E-state index in [1.54, 1.807) is 97.1 Å². The van der Waals surface area contributed by atoms with Gasteiger partial charge in [0.15, 0.2) is 18.0 Å². The van der Waals surface area contributed by atoms with Crippen LogP contribution in [0.15, 0.2) is 115 Å². The fourth-order valence-corrected chi connectivity index (χ4v) is 4.12. The maximum atomic E-state index is 13.2. The van der Waals surface area contributed by atoms with Gasteiger partial charge in [0, 0.05) is 17.3 Å². The molecule has 2 amide bonds. The Bertz CT molecular complexity index is 1570. The summed E-state index contributed by atoms with van der Waals surface area (Å²) in [6, 6.07) is 28.9. The van der Waals surface area contributed by atoms with Gasteiger partial charge in [-0.3, -0.25) is 14.9 Å². The summed E-state index contributed by atoms with van der Waals surface area (Å²) in [5.74, 6) is 0.419. The van der Waals surface area contributed by atoms with Crippen LogP contribution in [0.4, 0.5) is 21.9 Å². The number of benzene rings is 4. The smallest absolute Gasteiger partial charge is 0.412 e. The molecule has 10 nitrogen and oxygen atoms in total. The highest BCUT2D eigenvalue weighted by atomic mass is 16.6. The first-order chi connectivity index (χ1) is 21.3. The van der Waals surface area contributed by atoms with E-state index in [-0.39, 0.29) is 19.0 Å². The number of para-hydroxylation sites is 3. The molecule has 0 heterocycles. The number of ether oxygens (including phenoxy) is 3. The maximum Gasteiger partial charge on any atom is 0.412 e. The molecular formula is C34H33N3O7. The Morgan fingerprint density at radius 2 is 1.52 bits per heavy atom.